The van der Waals surface area contributed by atoms with E-state index in [1.807, 2.05) is 30.3 Å². The van der Waals surface area contributed by atoms with Gasteiger partial charge in [0.2, 0.25) is 0 Å². The lowest BCUT2D eigenvalue weighted by Gasteiger charge is -2.43. The van der Waals surface area contributed by atoms with Crippen molar-refractivity contribution in [3.63, 3.8) is 0 Å². The Morgan fingerprint density at radius 2 is 1.87 bits per heavy atom. The number of aliphatic hydroxyl groups is 1. The Kier molecular flexibility index (Phi) is 5.71. The molecule has 2 aromatic carbocycles. The Labute approximate surface area is 179 Å². The molecule has 0 saturated carbocycles. The molecule has 160 valence electrons. The summed E-state index contributed by atoms with van der Waals surface area (Å²) in [5.41, 5.74) is 0.236. The number of piperidine rings is 1. The highest BCUT2D eigenvalue weighted by Gasteiger charge is 2.43. The fourth-order valence-electron chi connectivity index (χ4n) is 4.13. The molecule has 3 aromatic rings. The number of aliphatic hydroxyl groups excluding tert-OH is 1. The number of halogens is 1. The third-order valence-corrected chi connectivity index (χ3v) is 5.86. The molecule has 0 unspecified atom stereocenters. The molecular weight excluding hydrogens is 397 g/mol. The van der Waals surface area contributed by atoms with Gasteiger partial charge in [-0.25, -0.2) is 4.39 Å². The SMILES string of the molecule is Cc1ccn(-c2ccc(F)cc2)c(=O)c1C(=O)N[C@]1(c2ccccc2)CCNC[C@H]1O. The van der Waals surface area contributed by atoms with E-state index in [0.29, 0.717) is 30.8 Å². The van der Waals surface area contributed by atoms with Gasteiger partial charge in [-0.2, -0.15) is 0 Å². The number of benzene rings is 2. The molecule has 6 nitrogen and oxygen atoms in total. The first kappa shape index (κ1) is 21.0. The molecule has 0 aliphatic carbocycles. The second-order valence-electron chi connectivity index (χ2n) is 7.79. The molecule has 0 spiro atoms. The lowest BCUT2D eigenvalue weighted by Crippen LogP contribution is -2.61. The van der Waals surface area contributed by atoms with Crippen LogP contribution in [-0.4, -0.2) is 34.8 Å². The van der Waals surface area contributed by atoms with Crippen LogP contribution in [-0.2, 0) is 5.54 Å². The zero-order chi connectivity index (χ0) is 22.0. The summed E-state index contributed by atoms with van der Waals surface area (Å²) >= 11 is 0. The van der Waals surface area contributed by atoms with Crippen molar-refractivity contribution >= 4 is 5.91 Å². The van der Waals surface area contributed by atoms with E-state index in [1.54, 1.807) is 19.2 Å². The van der Waals surface area contributed by atoms with Gasteiger partial charge in [-0.1, -0.05) is 30.3 Å². The zero-order valence-electron chi connectivity index (χ0n) is 17.1. The lowest BCUT2D eigenvalue weighted by atomic mass is 9.79. The molecule has 0 radical (unpaired) electrons. The van der Waals surface area contributed by atoms with Crippen LogP contribution in [0.2, 0.25) is 0 Å². The van der Waals surface area contributed by atoms with Crippen LogP contribution in [0, 0.1) is 12.7 Å². The predicted molar refractivity (Wildman–Crippen MR) is 116 cm³/mol. The van der Waals surface area contributed by atoms with Gasteiger partial charge in [-0.3, -0.25) is 14.2 Å². The van der Waals surface area contributed by atoms with Gasteiger partial charge in [-0.05, 0) is 61.3 Å². The van der Waals surface area contributed by atoms with Crippen LogP contribution in [0.3, 0.4) is 0 Å². The Hall–Kier alpha value is -3.29. The van der Waals surface area contributed by atoms with E-state index in [0.717, 1.165) is 5.56 Å². The summed E-state index contributed by atoms with van der Waals surface area (Å²) in [6.45, 7) is 2.63. The molecule has 1 fully saturated rings. The maximum absolute atomic E-state index is 13.4. The number of carbonyl (C=O) groups is 1. The van der Waals surface area contributed by atoms with Crippen molar-refractivity contribution in [2.75, 3.05) is 13.1 Å². The normalized spacial score (nSPS) is 20.9. The first-order valence-corrected chi connectivity index (χ1v) is 10.2. The zero-order valence-corrected chi connectivity index (χ0v) is 17.1. The molecule has 0 bridgehead atoms. The second-order valence-corrected chi connectivity index (χ2v) is 7.79. The predicted octanol–water partition coefficient (Wildman–Crippen LogP) is 2.26. The minimum Gasteiger partial charge on any atom is -0.389 e. The molecule has 1 aromatic heterocycles. The van der Waals surface area contributed by atoms with E-state index in [2.05, 4.69) is 10.6 Å². The second kappa shape index (κ2) is 8.45. The molecule has 7 heteroatoms. The maximum atomic E-state index is 13.4. The van der Waals surface area contributed by atoms with E-state index < -0.39 is 28.9 Å². The van der Waals surface area contributed by atoms with E-state index >= 15 is 0 Å². The lowest BCUT2D eigenvalue weighted by molar-refractivity contribution is 0.0289. The van der Waals surface area contributed by atoms with Gasteiger partial charge in [0, 0.05) is 18.4 Å². The number of aryl methyl sites for hydroxylation is 1. The summed E-state index contributed by atoms with van der Waals surface area (Å²) in [5.74, 6) is -0.963. The van der Waals surface area contributed by atoms with Crippen molar-refractivity contribution in [1.29, 1.82) is 0 Å². The number of aromatic nitrogens is 1. The van der Waals surface area contributed by atoms with E-state index in [9.17, 15) is 19.1 Å². The van der Waals surface area contributed by atoms with Crippen molar-refractivity contribution in [2.45, 2.75) is 25.0 Å². The van der Waals surface area contributed by atoms with Crippen LogP contribution in [0.25, 0.3) is 5.69 Å². The number of hydrogen-bond donors (Lipinski definition) is 3. The first-order valence-electron chi connectivity index (χ1n) is 10.2. The monoisotopic (exact) mass is 421 g/mol. The summed E-state index contributed by atoms with van der Waals surface area (Å²) in [4.78, 5) is 26.6. The Bertz CT molecular complexity index is 1140. The molecule has 1 amide bonds. The molecule has 2 atom stereocenters. The van der Waals surface area contributed by atoms with Crippen molar-refractivity contribution in [3.8, 4) is 5.69 Å². The topological polar surface area (TPSA) is 83.4 Å². The van der Waals surface area contributed by atoms with Crippen LogP contribution < -0.4 is 16.2 Å². The molecule has 2 heterocycles. The van der Waals surface area contributed by atoms with Gasteiger partial charge in [0.25, 0.3) is 11.5 Å². The molecule has 31 heavy (non-hydrogen) atoms. The van der Waals surface area contributed by atoms with Gasteiger partial charge in [0.15, 0.2) is 0 Å². The molecule has 1 aliphatic rings. The number of hydrogen-bond acceptors (Lipinski definition) is 4. The third kappa shape index (κ3) is 3.89. The minimum absolute atomic E-state index is 0.00661. The molecule has 3 N–H and O–H groups in total. The quantitative estimate of drug-likeness (QED) is 0.604. The Balaban J connectivity index is 1.76. The smallest absolute Gasteiger partial charge is 0.268 e. The van der Waals surface area contributed by atoms with Crippen LogP contribution in [0.15, 0.2) is 71.7 Å². The number of rotatable bonds is 4. The number of pyridine rings is 1. The number of amides is 1. The van der Waals surface area contributed by atoms with Crippen molar-refractivity contribution in [2.24, 2.45) is 0 Å². The van der Waals surface area contributed by atoms with Crippen LogP contribution in [0.5, 0.6) is 0 Å². The molecule has 1 saturated heterocycles. The van der Waals surface area contributed by atoms with Crippen molar-refractivity contribution in [1.82, 2.24) is 15.2 Å². The fraction of sp³-hybridized carbons (Fsp3) is 0.250. The molecule has 1 aliphatic heterocycles. The highest BCUT2D eigenvalue weighted by Crippen LogP contribution is 2.31. The van der Waals surface area contributed by atoms with Gasteiger partial charge >= 0.3 is 0 Å². The van der Waals surface area contributed by atoms with Gasteiger partial charge in [-0.15, -0.1) is 0 Å². The number of carbonyl (C=O) groups excluding carboxylic acids is 1. The van der Waals surface area contributed by atoms with Gasteiger partial charge in [0.1, 0.15) is 11.4 Å². The number of nitrogens with one attached hydrogen (secondary N) is 2. The highest BCUT2D eigenvalue weighted by molar-refractivity contribution is 5.96. The Morgan fingerprint density at radius 3 is 2.55 bits per heavy atom. The summed E-state index contributed by atoms with van der Waals surface area (Å²) in [6, 6.07) is 16.5. The first-order chi connectivity index (χ1) is 14.9. The van der Waals surface area contributed by atoms with E-state index in [-0.39, 0.29) is 5.56 Å². The number of nitrogens with zero attached hydrogens (tertiary/aromatic N) is 1. The maximum Gasteiger partial charge on any atom is 0.268 e. The summed E-state index contributed by atoms with van der Waals surface area (Å²) in [5, 5.41) is 17.0. The van der Waals surface area contributed by atoms with Crippen LogP contribution in [0.4, 0.5) is 4.39 Å². The Morgan fingerprint density at radius 1 is 1.16 bits per heavy atom. The third-order valence-electron chi connectivity index (χ3n) is 5.86. The van der Waals surface area contributed by atoms with Crippen LogP contribution >= 0.6 is 0 Å². The largest absolute Gasteiger partial charge is 0.389 e. The average molecular weight is 421 g/mol. The van der Waals surface area contributed by atoms with E-state index in [4.69, 9.17) is 0 Å². The molecule has 4 rings (SSSR count). The van der Waals surface area contributed by atoms with E-state index in [1.165, 1.54) is 28.8 Å². The molecular formula is C24H24FN3O3. The highest BCUT2D eigenvalue weighted by atomic mass is 19.1. The average Bonchev–Trinajstić information content (AvgIpc) is 2.77. The summed E-state index contributed by atoms with van der Waals surface area (Å²) < 4.78 is 14.6. The van der Waals surface area contributed by atoms with Gasteiger partial charge in [0.05, 0.1) is 11.6 Å². The van der Waals surface area contributed by atoms with Crippen molar-refractivity contribution < 1.29 is 14.3 Å². The van der Waals surface area contributed by atoms with Crippen molar-refractivity contribution in [3.05, 3.63) is 99.7 Å². The minimum atomic E-state index is -1.01. The fourth-order valence-corrected chi connectivity index (χ4v) is 4.13. The standard InChI is InChI=1S/C24H24FN3O3/c1-16-11-14-28(19-9-7-18(25)8-10-19)23(31)21(16)22(30)27-24(12-13-26-15-20(24)29)17-5-3-2-4-6-17/h2-11,14,20,26,29H,12-13,15H2,1H3,(H,27,30)/t20-,24+/m1/s1. The summed E-state index contributed by atoms with van der Waals surface area (Å²) in [7, 11) is 0. The number of β-amino-alcohol motifs (C(OH)–C–C–N with tert-alkyl or cyclic N) is 1. The van der Waals surface area contributed by atoms with Gasteiger partial charge < -0.3 is 15.7 Å². The van der Waals surface area contributed by atoms with Crippen LogP contribution in [0.1, 0.15) is 27.9 Å². The summed E-state index contributed by atoms with van der Waals surface area (Å²) in [6.07, 6.45) is 1.17.